The van der Waals surface area contributed by atoms with Crippen molar-refractivity contribution in [2.24, 2.45) is 0 Å². The van der Waals surface area contributed by atoms with Crippen molar-refractivity contribution in [3.05, 3.63) is 29.8 Å². The molecule has 0 aliphatic carbocycles. The summed E-state index contributed by atoms with van der Waals surface area (Å²) in [5, 5.41) is 6.85. The monoisotopic (exact) mass is 304 g/mol. The summed E-state index contributed by atoms with van der Waals surface area (Å²) in [5.74, 6) is 0.760. The van der Waals surface area contributed by atoms with Crippen molar-refractivity contribution in [2.45, 2.75) is 71.6 Å². The second-order valence-electron chi connectivity index (χ2n) is 6.26. The maximum absolute atomic E-state index is 3.46. The number of nitrogens with one attached hydrogen (secondary N) is 2. The molecule has 1 aliphatic rings. The van der Waals surface area contributed by atoms with Gasteiger partial charge < -0.3 is 10.6 Å². The van der Waals surface area contributed by atoms with E-state index in [9.17, 15) is 0 Å². The van der Waals surface area contributed by atoms with Crippen LogP contribution in [0.2, 0.25) is 0 Å². The van der Waals surface area contributed by atoms with Crippen LogP contribution in [-0.2, 0) is 0 Å². The molecule has 1 aromatic rings. The molecule has 2 N–H and O–H groups in total. The average Bonchev–Trinajstić information content (AvgIpc) is 2.97. The molecule has 0 spiro atoms. The van der Waals surface area contributed by atoms with Crippen molar-refractivity contribution in [1.82, 2.24) is 5.32 Å². The molecule has 1 aliphatic heterocycles. The summed E-state index contributed by atoms with van der Waals surface area (Å²) >= 11 is 0. The van der Waals surface area contributed by atoms with Crippen LogP contribution in [-0.4, -0.2) is 19.6 Å². The van der Waals surface area contributed by atoms with Gasteiger partial charge in [0, 0.05) is 18.2 Å². The van der Waals surface area contributed by atoms with Gasteiger partial charge in [-0.15, -0.1) is 0 Å². The first kappa shape index (κ1) is 19.0. The van der Waals surface area contributed by atoms with Crippen LogP contribution in [0.4, 0.5) is 5.69 Å². The van der Waals surface area contributed by atoms with Crippen LogP contribution in [0, 0.1) is 0 Å². The Kier molecular flexibility index (Phi) is 10.8. The Hall–Kier alpha value is -1.02. The molecule has 1 heterocycles. The standard InChI is InChI=1S/C12H17N.C8H19N/c1-2-3-6-10-9-13-12-8-5-4-7-11(10)12;1-3-5-7-9-8-6-4-2/h4-5,7-8,10,13H,2-3,6,9H2,1H3;9H,3-8H2,1-2H3. The number of hydrogen-bond acceptors (Lipinski definition) is 2. The average molecular weight is 305 g/mol. The van der Waals surface area contributed by atoms with Crippen LogP contribution < -0.4 is 10.6 Å². The Bertz CT molecular complexity index is 370. The van der Waals surface area contributed by atoms with Gasteiger partial charge in [-0.05, 0) is 44.0 Å². The molecular formula is C20H36N2. The predicted molar refractivity (Wildman–Crippen MR) is 99.9 cm³/mol. The van der Waals surface area contributed by atoms with Crippen molar-refractivity contribution in [3.8, 4) is 0 Å². The first-order chi connectivity index (χ1) is 10.8. The predicted octanol–water partition coefficient (Wildman–Crippen LogP) is 5.56. The minimum atomic E-state index is 0.760. The van der Waals surface area contributed by atoms with E-state index in [0.29, 0.717) is 0 Å². The van der Waals surface area contributed by atoms with Crippen molar-refractivity contribution in [2.75, 3.05) is 25.0 Å². The van der Waals surface area contributed by atoms with E-state index in [-0.39, 0.29) is 0 Å². The fourth-order valence-corrected chi connectivity index (χ4v) is 2.79. The first-order valence-electron chi connectivity index (χ1n) is 9.36. The van der Waals surface area contributed by atoms with Gasteiger partial charge in [-0.1, -0.05) is 64.7 Å². The molecule has 1 aromatic carbocycles. The van der Waals surface area contributed by atoms with Gasteiger partial charge in [0.25, 0.3) is 0 Å². The topological polar surface area (TPSA) is 24.1 Å². The molecule has 1 unspecified atom stereocenters. The second kappa shape index (κ2) is 12.5. The Morgan fingerprint density at radius 3 is 2.23 bits per heavy atom. The van der Waals surface area contributed by atoms with Gasteiger partial charge in [-0.2, -0.15) is 0 Å². The van der Waals surface area contributed by atoms with Gasteiger partial charge >= 0.3 is 0 Å². The smallest absolute Gasteiger partial charge is 0.0376 e. The van der Waals surface area contributed by atoms with E-state index in [0.717, 1.165) is 12.5 Å². The van der Waals surface area contributed by atoms with E-state index in [2.05, 4.69) is 55.7 Å². The van der Waals surface area contributed by atoms with Gasteiger partial charge in [-0.3, -0.25) is 0 Å². The van der Waals surface area contributed by atoms with Crippen LogP contribution in [0.3, 0.4) is 0 Å². The fraction of sp³-hybridized carbons (Fsp3) is 0.700. The molecule has 0 aromatic heterocycles. The number of rotatable bonds is 9. The maximum Gasteiger partial charge on any atom is 0.0376 e. The molecule has 0 bridgehead atoms. The molecule has 0 saturated carbocycles. The summed E-state index contributed by atoms with van der Waals surface area (Å²) < 4.78 is 0. The highest BCUT2D eigenvalue weighted by atomic mass is 14.9. The Balaban J connectivity index is 0.000000239. The molecule has 2 rings (SSSR count). The van der Waals surface area contributed by atoms with Gasteiger partial charge in [0.15, 0.2) is 0 Å². The number of fused-ring (bicyclic) bond motifs is 1. The lowest BCUT2D eigenvalue weighted by Gasteiger charge is -2.08. The summed E-state index contributed by atoms with van der Waals surface area (Å²) in [6, 6.07) is 8.69. The third-order valence-corrected chi connectivity index (χ3v) is 4.26. The van der Waals surface area contributed by atoms with E-state index in [1.165, 1.54) is 69.3 Å². The molecule has 2 nitrogen and oxygen atoms in total. The van der Waals surface area contributed by atoms with Crippen LogP contribution in [0.15, 0.2) is 24.3 Å². The molecular weight excluding hydrogens is 268 g/mol. The van der Waals surface area contributed by atoms with Gasteiger partial charge in [-0.25, -0.2) is 0 Å². The summed E-state index contributed by atoms with van der Waals surface area (Å²) in [5.41, 5.74) is 2.87. The normalized spacial score (nSPS) is 15.7. The van der Waals surface area contributed by atoms with Crippen LogP contribution in [0.5, 0.6) is 0 Å². The maximum atomic E-state index is 3.46. The van der Waals surface area contributed by atoms with E-state index < -0.39 is 0 Å². The van der Waals surface area contributed by atoms with Gasteiger partial charge in [0.2, 0.25) is 0 Å². The van der Waals surface area contributed by atoms with Crippen molar-refractivity contribution >= 4 is 5.69 Å². The molecule has 0 fully saturated rings. The molecule has 126 valence electrons. The number of anilines is 1. The summed E-state index contributed by atoms with van der Waals surface area (Å²) in [4.78, 5) is 0. The van der Waals surface area contributed by atoms with Crippen LogP contribution in [0.1, 0.15) is 77.2 Å². The number of benzene rings is 1. The Morgan fingerprint density at radius 2 is 1.59 bits per heavy atom. The SMILES string of the molecule is CCCCC1CNc2ccccc21.CCCCNCCCC. The molecule has 0 saturated heterocycles. The minimum Gasteiger partial charge on any atom is -0.384 e. The largest absolute Gasteiger partial charge is 0.384 e. The fourth-order valence-electron chi connectivity index (χ4n) is 2.79. The third-order valence-electron chi connectivity index (χ3n) is 4.26. The van der Waals surface area contributed by atoms with Gasteiger partial charge in [0.05, 0.1) is 0 Å². The number of unbranched alkanes of at least 4 members (excludes halogenated alkanes) is 3. The summed E-state index contributed by atoms with van der Waals surface area (Å²) in [7, 11) is 0. The highest BCUT2D eigenvalue weighted by Gasteiger charge is 2.20. The molecule has 0 amide bonds. The van der Waals surface area contributed by atoms with E-state index in [1.54, 1.807) is 0 Å². The van der Waals surface area contributed by atoms with Crippen molar-refractivity contribution < 1.29 is 0 Å². The molecule has 0 radical (unpaired) electrons. The second-order valence-corrected chi connectivity index (χ2v) is 6.26. The van der Waals surface area contributed by atoms with Gasteiger partial charge in [0.1, 0.15) is 0 Å². The lowest BCUT2D eigenvalue weighted by Crippen LogP contribution is -2.15. The lowest BCUT2D eigenvalue weighted by molar-refractivity contribution is 0.611. The Labute approximate surface area is 138 Å². The molecule has 22 heavy (non-hydrogen) atoms. The highest BCUT2D eigenvalue weighted by Crippen LogP contribution is 2.33. The van der Waals surface area contributed by atoms with Crippen LogP contribution >= 0.6 is 0 Å². The van der Waals surface area contributed by atoms with Crippen molar-refractivity contribution in [3.63, 3.8) is 0 Å². The third kappa shape index (κ3) is 7.31. The highest BCUT2D eigenvalue weighted by molar-refractivity contribution is 5.57. The summed E-state index contributed by atoms with van der Waals surface area (Å²) in [6.45, 7) is 10.3. The first-order valence-corrected chi connectivity index (χ1v) is 9.36. The molecule has 2 heteroatoms. The van der Waals surface area contributed by atoms with Crippen molar-refractivity contribution in [1.29, 1.82) is 0 Å². The Morgan fingerprint density at radius 1 is 0.955 bits per heavy atom. The van der Waals surface area contributed by atoms with E-state index >= 15 is 0 Å². The zero-order valence-electron chi connectivity index (χ0n) is 15.0. The van der Waals surface area contributed by atoms with E-state index in [1.807, 2.05) is 0 Å². The van der Waals surface area contributed by atoms with Crippen LogP contribution in [0.25, 0.3) is 0 Å². The zero-order valence-corrected chi connectivity index (χ0v) is 15.0. The summed E-state index contributed by atoms with van der Waals surface area (Å²) in [6.07, 6.45) is 9.24. The quantitative estimate of drug-likeness (QED) is 0.583. The lowest BCUT2D eigenvalue weighted by atomic mass is 9.96. The number of hydrogen-bond donors (Lipinski definition) is 2. The molecule has 1 atom stereocenters. The van der Waals surface area contributed by atoms with E-state index in [4.69, 9.17) is 0 Å². The minimum absolute atomic E-state index is 0.760. The number of para-hydroxylation sites is 1. The zero-order chi connectivity index (χ0) is 16.0.